The van der Waals surface area contributed by atoms with Crippen molar-refractivity contribution in [2.75, 3.05) is 5.73 Å². The molecule has 1 aliphatic carbocycles. The Hall–Kier alpha value is -16.1. The molecule has 2 N–H and O–H groups in total. The number of benzene rings is 20. The summed E-state index contributed by atoms with van der Waals surface area (Å²) in [7, 11) is 0. The van der Waals surface area contributed by atoms with Crippen LogP contribution in [0.2, 0.25) is 0 Å². The van der Waals surface area contributed by atoms with Crippen molar-refractivity contribution in [3.05, 3.63) is 514 Å². The van der Waals surface area contributed by atoms with Crippen LogP contribution in [-0.2, 0) is 6.42 Å². The minimum Gasteiger partial charge on any atom is -0.399 e. The lowest BCUT2D eigenvalue weighted by Gasteiger charge is -2.11. The van der Waals surface area contributed by atoms with Crippen LogP contribution in [0.5, 0.6) is 0 Å². The Labute approximate surface area is 784 Å². The zero-order chi connectivity index (χ0) is 85.9. The molecule has 0 atom stereocenters. The van der Waals surface area contributed by atoms with E-state index in [9.17, 15) is 0 Å². The van der Waals surface area contributed by atoms with E-state index in [1.807, 2.05) is 34.8 Å². The van der Waals surface area contributed by atoms with E-state index in [1.54, 1.807) is 0 Å². The molecule has 24 rings (SSSR count). The van der Waals surface area contributed by atoms with Gasteiger partial charge >= 0.3 is 0 Å². The van der Waals surface area contributed by atoms with Gasteiger partial charge in [0.05, 0.1) is 5.52 Å². The summed E-state index contributed by atoms with van der Waals surface area (Å²) in [5.41, 5.74) is 46.1. The normalized spacial score (nSPS) is 11.3. The fourth-order valence-electron chi connectivity index (χ4n) is 18.4. The molecule has 0 spiro atoms. The van der Waals surface area contributed by atoms with E-state index in [2.05, 4.69) is 490 Å². The van der Waals surface area contributed by atoms with E-state index in [0.29, 0.717) is 0 Å². The molecule has 0 fully saturated rings. The Morgan fingerprint density at radius 3 is 0.848 bits per heavy atom. The smallest absolute Gasteiger partial charge is 0.0535 e. The first kappa shape index (κ1) is 85.4. The summed E-state index contributed by atoms with van der Waals surface area (Å²) in [5, 5.41) is 6.54. The minimum absolute atomic E-state index is 0. The number of aromatic nitrogens is 1. The van der Waals surface area contributed by atoms with Crippen LogP contribution in [0.15, 0.2) is 498 Å². The molecule has 3 heterocycles. The van der Waals surface area contributed by atoms with Crippen LogP contribution in [0.25, 0.3) is 207 Å². The van der Waals surface area contributed by atoms with E-state index in [1.165, 1.54) is 218 Å². The Morgan fingerprint density at radius 2 is 0.477 bits per heavy atom. The van der Waals surface area contributed by atoms with Crippen LogP contribution in [-0.4, -0.2) is 4.57 Å². The van der Waals surface area contributed by atoms with Crippen molar-refractivity contribution in [1.82, 2.24) is 4.57 Å². The van der Waals surface area contributed by atoms with Crippen molar-refractivity contribution < 1.29 is 1.43 Å². The van der Waals surface area contributed by atoms with Gasteiger partial charge in [-0.15, -0.1) is 22.7 Å². The van der Waals surface area contributed by atoms with Crippen LogP contribution in [0.1, 0.15) is 40.4 Å². The summed E-state index contributed by atoms with van der Waals surface area (Å²) in [6.07, 6.45) is 5.67. The van der Waals surface area contributed by atoms with Crippen molar-refractivity contribution in [2.24, 2.45) is 0 Å². The Morgan fingerprint density at radius 1 is 0.205 bits per heavy atom. The molecule has 0 saturated heterocycles. The highest BCUT2D eigenvalue weighted by molar-refractivity contribution is 7.26. The molecule has 23 aromatic rings. The topological polar surface area (TPSA) is 30.9 Å². The van der Waals surface area contributed by atoms with Crippen LogP contribution >= 0.6 is 22.7 Å². The number of thiophene rings is 2. The summed E-state index contributed by atoms with van der Waals surface area (Å²) >= 11 is 3.74. The highest BCUT2D eigenvalue weighted by Crippen LogP contribution is 2.45. The third kappa shape index (κ3) is 17.4. The summed E-state index contributed by atoms with van der Waals surface area (Å²) in [4.78, 5) is 0. The molecule has 0 radical (unpaired) electrons. The quantitative estimate of drug-likeness (QED) is 0.102. The number of allylic oxidation sites excluding steroid dienone is 1. The lowest BCUT2D eigenvalue weighted by atomic mass is 9.93. The van der Waals surface area contributed by atoms with E-state index in [0.717, 1.165) is 17.8 Å². The molecule has 20 aromatic carbocycles. The second kappa shape index (κ2) is 38.1. The SMILES string of the molecule is C.C.C.C1=C(c2ccc(-c3ccc(-c4ccccc4)cc3)cc2)c2cc(-c3ccc(-c4ccc(-c5ccccc5)cc4)cc3)ccc2C1.Nc1ccc(-c2cccc3c2sc2ccccc23)cc1.[2HH].c1ccc(-c2ccc(-c3ccc(-c4ccc5c(c4)c(-c4ccc(-c6ccc(-c7ccccc7)cc6)cc4)cn5-c4ccc(-c5cccc6c5sc5ccccc56)cc4)cc3)cc2)cc1. The first-order chi connectivity index (χ1) is 63.8. The molecule has 0 unspecified atom stereocenters. The second-order valence-corrected chi connectivity index (χ2v) is 35.3. The van der Waals surface area contributed by atoms with E-state index < -0.39 is 0 Å². The molecule has 0 bridgehead atoms. The Kier molecular flexibility index (Phi) is 24.6. The number of anilines is 1. The standard InChI is InChI=1S/C62H41NS.C45H32.C18H13NS.3CH4.H2/c1-3-10-42(11-4-1)44-18-22-46(23-19-44)48-26-28-50(29-27-48)53-36-39-60-58(40-53)59(52-32-30-49(31-33-52)47-24-20-45(21-25-47)43-12-5-2-6-13-43)41-63(60)54-37-34-51(35-38-54)55-15-9-16-57-56-14-7-8-17-61(56)64-62(55)57;1-3-7-32(8-4-1)34-11-15-36(16-12-34)38-19-21-40(22-20-38)43-28-27-42-29-30-44(45(42)31-43)41-25-23-39(24-26-41)37-17-13-35(14-18-37)33-9-5-2-6-10-33;19-13-10-8-12(9-11-13)14-5-3-6-16-15-4-1-2-7-17(15)20-18(14)16;;;;/h1-41H;1-28,30-31H,29H2;1-11H,19H2;3*1H4;1H/i;;;;;;1+1. The van der Waals surface area contributed by atoms with Gasteiger partial charge in [-0.3, -0.25) is 0 Å². The number of nitrogens with two attached hydrogens (primary N) is 1. The van der Waals surface area contributed by atoms with Gasteiger partial charge in [0.1, 0.15) is 0 Å². The summed E-state index contributed by atoms with van der Waals surface area (Å²) in [6.45, 7) is 0. The zero-order valence-corrected chi connectivity index (χ0v) is 72.5. The van der Waals surface area contributed by atoms with Crippen molar-refractivity contribution in [2.45, 2.75) is 28.7 Å². The Bertz CT molecular complexity index is 7980. The van der Waals surface area contributed by atoms with Crippen LogP contribution in [0, 0.1) is 0 Å². The average Bonchev–Trinajstić information content (AvgIpc) is 1.62. The second-order valence-electron chi connectivity index (χ2n) is 33.2. The maximum Gasteiger partial charge on any atom is 0.0535 e. The van der Waals surface area contributed by atoms with Crippen molar-refractivity contribution in [1.29, 1.82) is 0 Å². The van der Waals surface area contributed by atoms with E-state index in [-0.39, 0.29) is 23.7 Å². The predicted octanol–water partition coefficient (Wildman–Crippen LogP) is 37.1. The fourth-order valence-corrected chi connectivity index (χ4v) is 20.9. The van der Waals surface area contributed by atoms with Crippen molar-refractivity contribution in [3.8, 4) is 150 Å². The maximum atomic E-state index is 5.78. The van der Waals surface area contributed by atoms with E-state index >= 15 is 0 Å². The number of rotatable bonds is 15. The molecule has 1 aliphatic rings. The predicted molar refractivity (Wildman–Crippen MR) is 577 cm³/mol. The molecular weight excluding hydrogens is 1630 g/mol. The van der Waals surface area contributed by atoms with Crippen LogP contribution < -0.4 is 5.73 Å². The first-order valence-corrected chi connectivity index (χ1v) is 45.8. The molecule has 2 nitrogen and oxygen atoms in total. The van der Waals surface area contributed by atoms with Gasteiger partial charge in [-0.25, -0.2) is 0 Å². The third-order valence-corrected chi connectivity index (χ3v) is 27.8. The molecule has 132 heavy (non-hydrogen) atoms. The van der Waals surface area contributed by atoms with Gasteiger partial charge in [-0.1, -0.05) is 459 Å². The van der Waals surface area contributed by atoms with Crippen LogP contribution in [0.4, 0.5) is 5.69 Å². The van der Waals surface area contributed by atoms with Crippen LogP contribution in [0.3, 0.4) is 0 Å². The molecular formula is C128H100N2S2. The van der Waals surface area contributed by atoms with Crippen molar-refractivity contribution in [3.63, 3.8) is 0 Å². The van der Waals surface area contributed by atoms with Gasteiger partial charge in [0.25, 0.3) is 0 Å². The minimum atomic E-state index is 0. The molecule has 3 aromatic heterocycles. The Balaban J connectivity index is 0.000000149. The third-order valence-electron chi connectivity index (χ3n) is 25.3. The highest BCUT2D eigenvalue weighted by Gasteiger charge is 2.21. The highest BCUT2D eigenvalue weighted by atomic mass is 32.1. The molecule has 0 aliphatic heterocycles. The number of fused-ring (bicyclic) bond motifs is 8. The number of hydrogen-bond acceptors (Lipinski definition) is 3. The lowest BCUT2D eigenvalue weighted by molar-refractivity contribution is 1.13. The molecule has 0 amide bonds. The molecule has 4 heteroatoms. The average molecular weight is 1730 g/mol. The summed E-state index contributed by atoms with van der Waals surface area (Å²) in [5.74, 6) is 0. The number of nitrogen functional groups attached to an aromatic ring is 1. The number of hydrogen-bond donors (Lipinski definition) is 1. The van der Waals surface area contributed by atoms with Gasteiger partial charge in [0.15, 0.2) is 0 Å². The lowest BCUT2D eigenvalue weighted by Crippen LogP contribution is -1.92. The fraction of sp³-hybridized carbons (Fsp3) is 0.0312. The first-order valence-electron chi connectivity index (χ1n) is 44.1. The summed E-state index contributed by atoms with van der Waals surface area (Å²) in [6, 6.07) is 175. The number of nitrogens with zero attached hydrogens (tertiary/aromatic N) is 1. The summed E-state index contributed by atoms with van der Waals surface area (Å²) < 4.78 is 7.70. The monoisotopic (exact) mass is 1730 g/mol. The largest absolute Gasteiger partial charge is 0.399 e. The van der Waals surface area contributed by atoms with Gasteiger partial charge < -0.3 is 10.3 Å². The van der Waals surface area contributed by atoms with Gasteiger partial charge in [-0.2, -0.15) is 0 Å². The van der Waals surface area contributed by atoms with Gasteiger partial charge in [-0.05, 0) is 222 Å². The zero-order valence-electron chi connectivity index (χ0n) is 70.9. The van der Waals surface area contributed by atoms with Gasteiger partial charge in [0.2, 0.25) is 0 Å². The molecule has 0 saturated carbocycles. The van der Waals surface area contributed by atoms with E-state index in [4.69, 9.17) is 5.73 Å². The molecule has 634 valence electrons. The maximum absolute atomic E-state index is 5.78. The van der Waals surface area contributed by atoms with Crippen molar-refractivity contribution >= 4 is 85.2 Å². The van der Waals surface area contributed by atoms with Gasteiger partial charge in [0, 0.05) is 70.3 Å².